The highest BCUT2D eigenvalue weighted by atomic mass is 32.2. The van der Waals surface area contributed by atoms with Gasteiger partial charge in [0.25, 0.3) is 5.91 Å². The first-order valence-electron chi connectivity index (χ1n) is 8.46. The third-order valence-electron chi connectivity index (χ3n) is 3.87. The van der Waals surface area contributed by atoms with Gasteiger partial charge in [-0.15, -0.1) is 0 Å². The summed E-state index contributed by atoms with van der Waals surface area (Å²) >= 11 is 1.39. The Bertz CT molecular complexity index is 984. The number of phenols is 1. The van der Waals surface area contributed by atoms with Gasteiger partial charge in [-0.05, 0) is 43.0 Å². The van der Waals surface area contributed by atoms with Crippen LogP contribution in [0.25, 0.3) is 11.0 Å². The Labute approximate surface area is 161 Å². The number of imidazole rings is 1. The number of aromatic nitrogens is 2. The zero-order valence-corrected chi connectivity index (χ0v) is 15.9. The molecule has 0 aliphatic heterocycles. The first kappa shape index (κ1) is 18.8. The van der Waals surface area contributed by atoms with E-state index in [-0.39, 0.29) is 17.4 Å². The Morgan fingerprint density at radius 3 is 2.93 bits per heavy atom. The van der Waals surface area contributed by atoms with Crippen LogP contribution >= 0.6 is 11.8 Å². The number of rotatable bonds is 7. The molecular formula is C19H21N4O3S+. The molecule has 0 unspecified atom stereocenters. The molecule has 3 N–H and O–H groups in total. The third-order valence-corrected chi connectivity index (χ3v) is 4.93. The second kappa shape index (κ2) is 8.59. The number of thioether (sulfide) groups is 1. The number of hydrogen-bond donors (Lipinski definition) is 3. The minimum absolute atomic E-state index is 0.00294. The number of H-pyrrole nitrogens is 1. The summed E-state index contributed by atoms with van der Waals surface area (Å²) < 4.78 is 7.33. The molecule has 0 radical (unpaired) electrons. The van der Waals surface area contributed by atoms with Crippen molar-refractivity contribution in [3.63, 3.8) is 0 Å². The van der Waals surface area contributed by atoms with E-state index in [9.17, 15) is 9.90 Å². The number of nitrogens with zero attached hydrogens (tertiary/aromatic N) is 2. The van der Waals surface area contributed by atoms with Gasteiger partial charge in [-0.25, -0.2) is 15.0 Å². The molecule has 1 amide bonds. The predicted molar refractivity (Wildman–Crippen MR) is 105 cm³/mol. The normalized spacial score (nSPS) is 11.2. The Kier molecular flexibility index (Phi) is 5.97. The monoisotopic (exact) mass is 385 g/mol. The lowest BCUT2D eigenvalue weighted by atomic mass is 10.2. The van der Waals surface area contributed by atoms with Crippen molar-refractivity contribution < 1.29 is 19.2 Å². The molecular weight excluding hydrogens is 364 g/mol. The van der Waals surface area contributed by atoms with E-state index in [1.165, 1.54) is 18.0 Å². The number of hydrogen-bond acceptors (Lipinski definition) is 5. The van der Waals surface area contributed by atoms with Crippen molar-refractivity contribution in [3.8, 4) is 11.5 Å². The molecule has 1 aromatic heterocycles. The minimum atomic E-state index is -0.240. The summed E-state index contributed by atoms with van der Waals surface area (Å²) in [4.78, 5) is 15.3. The number of aromatic amines is 1. The molecule has 1 heterocycles. The number of carbonyl (C=O) groups is 1. The third kappa shape index (κ3) is 4.40. The van der Waals surface area contributed by atoms with Crippen molar-refractivity contribution in [1.29, 1.82) is 0 Å². The number of para-hydroxylation sites is 3. The van der Waals surface area contributed by atoms with E-state index in [0.717, 1.165) is 16.2 Å². The quantitative estimate of drug-likeness (QED) is 0.252. The molecule has 7 nitrogen and oxygen atoms in total. The van der Waals surface area contributed by atoms with Crippen LogP contribution in [0.5, 0.6) is 11.5 Å². The summed E-state index contributed by atoms with van der Waals surface area (Å²) in [6, 6.07) is 13.1. The van der Waals surface area contributed by atoms with Crippen LogP contribution in [-0.2, 0) is 11.8 Å². The number of benzene rings is 2. The van der Waals surface area contributed by atoms with Crippen molar-refractivity contribution in [3.05, 3.63) is 48.0 Å². The number of amides is 1. The van der Waals surface area contributed by atoms with Crippen molar-refractivity contribution >= 4 is 34.9 Å². The van der Waals surface area contributed by atoms with E-state index in [1.807, 2.05) is 42.8 Å². The summed E-state index contributed by atoms with van der Waals surface area (Å²) in [5.74, 6) is 0.352. The predicted octanol–water partition coefficient (Wildman–Crippen LogP) is 2.34. The molecule has 27 heavy (non-hydrogen) atoms. The summed E-state index contributed by atoms with van der Waals surface area (Å²) in [5, 5.41) is 14.9. The number of hydrazone groups is 1. The van der Waals surface area contributed by atoms with Gasteiger partial charge in [0.05, 0.1) is 25.6 Å². The van der Waals surface area contributed by atoms with Gasteiger partial charge >= 0.3 is 5.16 Å². The minimum Gasteiger partial charge on any atom is -0.504 e. The zero-order chi connectivity index (χ0) is 19.2. The van der Waals surface area contributed by atoms with Crippen LogP contribution in [0.1, 0.15) is 12.5 Å². The maximum absolute atomic E-state index is 12.0. The topological polar surface area (TPSA) is 90.6 Å². The summed E-state index contributed by atoms with van der Waals surface area (Å²) in [5.41, 5.74) is 5.03. The van der Waals surface area contributed by atoms with Crippen molar-refractivity contribution in [1.82, 2.24) is 10.4 Å². The van der Waals surface area contributed by atoms with E-state index in [0.29, 0.717) is 17.9 Å². The van der Waals surface area contributed by atoms with Gasteiger partial charge in [-0.2, -0.15) is 5.10 Å². The lowest BCUT2D eigenvalue weighted by Crippen LogP contribution is -2.30. The molecule has 0 aliphatic rings. The molecule has 0 saturated carbocycles. The number of phenolic OH excluding ortho intramolecular Hbond substituents is 1. The Morgan fingerprint density at radius 1 is 1.33 bits per heavy atom. The zero-order valence-electron chi connectivity index (χ0n) is 15.1. The number of aromatic hydroxyl groups is 1. The van der Waals surface area contributed by atoms with Crippen LogP contribution in [0.4, 0.5) is 0 Å². The molecule has 0 atom stereocenters. The van der Waals surface area contributed by atoms with Gasteiger partial charge < -0.3 is 9.84 Å². The maximum atomic E-state index is 12.0. The number of aryl methyl sites for hydroxylation is 1. The highest BCUT2D eigenvalue weighted by Gasteiger charge is 2.16. The molecule has 3 aromatic rings. The smallest absolute Gasteiger partial charge is 0.317 e. The van der Waals surface area contributed by atoms with Crippen LogP contribution in [0.3, 0.4) is 0 Å². The molecule has 2 aromatic carbocycles. The second-order valence-corrected chi connectivity index (χ2v) is 6.68. The Hall–Kier alpha value is -3.00. The summed E-state index contributed by atoms with van der Waals surface area (Å²) in [7, 11) is 1.95. The molecule has 0 saturated heterocycles. The molecule has 0 aliphatic carbocycles. The van der Waals surface area contributed by atoms with E-state index in [2.05, 4.69) is 15.5 Å². The second-order valence-electron chi connectivity index (χ2n) is 5.72. The first-order chi connectivity index (χ1) is 13.1. The number of ether oxygens (including phenoxy) is 1. The average Bonchev–Trinajstić information content (AvgIpc) is 2.99. The summed E-state index contributed by atoms with van der Waals surface area (Å²) in [6.07, 6.45) is 1.39. The van der Waals surface area contributed by atoms with Gasteiger partial charge in [0, 0.05) is 5.56 Å². The van der Waals surface area contributed by atoms with Gasteiger partial charge in [0.15, 0.2) is 22.5 Å². The van der Waals surface area contributed by atoms with Gasteiger partial charge in [0.1, 0.15) is 0 Å². The molecule has 0 spiro atoms. The van der Waals surface area contributed by atoms with Gasteiger partial charge in [0.2, 0.25) is 0 Å². The Balaban J connectivity index is 1.57. The van der Waals surface area contributed by atoms with Crippen molar-refractivity contribution in [2.24, 2.45) is 12.1 Å². The van der Waals surface area contributed by atoms with Crippen LogP contribution in [-0.4, -0.2) is 34.6 Å². The van der Waals surface area contributed by atoms with Crippen molar-refractivity contribution in [2.45, 2.75) is 12.1 Å². The van der Waals surface area contributed by atoms with Gasteiger partial charge in [-0.1, -0.05) is 18.2 Å². The fourth-order valence-electron chi connectivity index (χ4n) is 2.57. The molecule has 140 valence electrons. The van der Waals surface area contributed by atoms with E-state index in [1.54, 1.807) is 18.2 Å². The van der Waals surface area contributed by atoms with Crippen LogP contribution in [0.15, 0.2) is 52.7 Å². The molecule has 0 fully saturated rings. The Morgan fingerprint density at radius 2 is 2.15 bits per heavy atom. The average molecular weight is 385 g/mol. The van der Waals surface area contributed by atoms with Crippen LogP contribution in [0.2, 0.25) is 0 Å². The summed E-state index contributed by atoms with van der Waals surface area (Å²) in [6.45, 7) is 2.29. The number of fused-ring (bicyclic) bond motifs is 1. The number of nitrogens with one attached hydrogen (secondary N) is 2. The van der Waals surface area contributed by atoms with Gasteiger partial charge in [-0.3, -0.25) is 4.79 Å². The molecule has 8 heteroatoms. The maximum Gasteiger partial charge on any atom is 0.317 e. The lowest BCUT2D eigenvalue weighted by molar-refractivity contribution is -0.683. The van der Waals surface area contributed by atoms with Crippen LogP contribution in [0, 0.1) is 0 Å². The fraction of sp³-hybridized carbons (Fsp3) is 0.211. The SMILES string of the molecule is CCOc1cccc(C=NNC(=O)CSc2[nH]c3ccccc3[n+]2C)c1O. The van der Waals surface area contributed by atoms with Crippen molar-refractivity contribution in [2.75, 3.05) is 12.4 Å². The van der Waals surface area contributed by atoms with Crippen LogP contribution < -0.4 is 14.7 Å². The standard InChI is InChI=1S/C19H20N4O3S/c1-3-26-16-10-6-7-13(18(16)25)11-20-22-17(24)12-27-19-21-14-8-4-5-9-15(14)23(19)2/h4-11H,3,12H2,1-2H3,(H2,20,22,24,25)/p+1. The lowest BCUT2D eigenvalue weighted by Gasteiger charge is -2.07. The van der Waals surface area contributed by atoms with E-state index >= 15 is 0 Å². The number of carbonyl (C=O) groups excluding carboxylic acids is 1. The highest BCUT2D eigenvalue weighted by Crippen LogP contribution is 2.28. The first-order valence-corrected chi connectivity index (χ1v) is 9.45. The van der Waals surface area contributed by atoms with E-state index in [4.69, 9.17) is 4.74 Å². The molecule has 0 bridgehead atoms. The largest absolute Gasteiger partial charge is 0.504 e. The fourth-order valence-corrected chi connectivity index (χ4v) is 3.38. The van der Waals surface area contributed by atoms with E-state index < -0.39 is 0 Å². The molecule has 3 rings (SSSR count). The highest BCUT2D eigenvalue weighted by molar-refractivity contribution is 7.99.